The molecule has 1 aliphatic rings. The molecule has 0 amide bonds. The van der Waals surface area contributed by atoms with Crippen molar-refractivity contribution in [2.45, 2.75) is 18.4 Å². The van der Waals surface area contributed by atoms with E-state index < -0.39 is 0 Å². The highest BCUT2D eigenvalue weighted by molar-refractivity contribution is 5.75. The van der Waals surface area contributed by atoms with Gasteiger partial charge in [-0.15, -0.1) is 0 Å². The molecule has 0 saturated carbocycles. The first-order valence-corrected chi connectivity index (χ1v) is 6.78. The highest BCUT2D eigenvalue weighted by atomic mass is 16.1. The minimum Gasteiger partial charge on any atom is -0.323 e. The van der Waals surface area contributed by atoms with Crippen LogP contribution < -0.4 is 11.4 Å². The van der Waals surface area contributed by atoms with Crippen molar-refractivity contribution >= 4 is 11.0 Å². The zero-order valence-corrected chi connectivity index (χ0v) is 10.9. The van der Waals surface area contributed by atoms with Crippen LogP contribution in [0.4, 0.5) is 0 Å². The first-order valence-electron chi connectivity index (χ1n) is 6.78. The molecule has 20 heavy (non-hydrogen) atoms. The maximum atomic E-state index is 11.3. The Morgan fingerprint density at radius 2 is 1.90 bits per heavy atom. The predicted molar refractivity (Wildman–Crippen MR) is 78.7 cm³/mol. The molecule has 2 aromatic carbocycles. The quantitative estimate of drug-likeness (QED) is 0.664. The number of hydrogen-bond donors (Lipinski definition) is 3. The third-order valence-corrected chi connectivity index (χ3v) is 4.25. The zero-order valence-electron chi connectivity index (χ0n) is 10.9. The van der Waals surface area contributed by atoms with Crippen LogP contribution in [0.5, 0.6) is 0 Å². The molecule has 0 saturated heterocycles. The zero-order chi connectivity index (χ0) is 13.7. The Balaban J connectivity index is 1.71. The van der Waals surface area contributed by atoms with Crippen molar-refractivity contribution in [3.63, 3.8) is 0 Å². The van der Waals surface area contributed by atoms with E-state index in [9.17, 15) is 4.79 Å². The second kappa shape index (κ2) is 4.08. The van der Waals surface area contributed by atoms with E-state index in [-0.39, 0.29) is 11.7 Å². The number of imidazole rings is 1. The summed E-state index contributed by atoms with van der Waals surface area (Å²) in [5.74, 6) is 0.370. The summed E-state index contributed by atoms with van der Waals surface area (Å²) in [6.07, 6.45) is 1.03. The van der Waals surface area contributed by atoms with Gasteiger partial charge in [0.2, 0.25) is 0 Å². The van der Waals surface area contributed by atoms with E-state index in [2.05, 4.69) is 34.2 Å². The van der Waals surface area contributed by atoms with Crippen molar-refractivity contribution in [2.75, 3.05) is 0 Å². The second-order valence-corrected chi connectivity index (χ2v) is 5.42. The van der Waals surface area contributed by atoms with Crippen molar-refractivity contribution in [1.82, 2.24) is 9.97 Å². The molecule has 0 radical (unpaired) electrons. The van der Waals surface area contributed by atoms with Gasteiger partial charge in [-0.3, -0.25) is 0 Å². The van der Waals surface area contributed by atoms with E-state index >= 15 is 0 Å². The molecule has 0 fully saturated rings. The number of hydrogen-bond acceptors (Lipinski definition) is 2. The lowest BCUT2D eigenvalue weighted by molar-refractivity contribution is 0.500. The maximum Gasteiger partial charge on any atom is 0.323 e. The number of nitrogens with one attached hydrogen (secondary N) is 2. The van der Waals surface area contributed by atoms with Gasteiger partial charge in [-0.1, -0.05) is 30.3 Å². The SMILES string of the molecule is NC(c1ccc2[nH]c(=O)[nH]c2c1)C1Cc2ccccc21. The van der Waals surface area contributed by atoms with Gasteiger partial charge in [-0.2, -0.15) is 0 Å². The van der Waals surface area contributed by atoms with Crippen molar-refractivity contribution in [3.05, 3.63) is 69.6 Å². The molecule has 4 nitrogen and oxygen atoms in total. The monoisotopic (exact) mass is 265 g/mol. The van der Waals surface area contributed by atoms with E-state index in [1.54, 1.807) is 0 Å². The highest BCUT2D eigenvalue weighted by Gasteiger charge is 2.31. The fraction of sp³-hybridized carbons (Fsp3) is 0.188. The van der Waals surface area contributed by atoms with Crippen LogP contribution >= 0.6 is 0 Å². The Morgan fingerprint density at radius 3 is 2.75 bits per heavy atom. The Kier molecular flexibility index (Phi) is 2.35. The Hall–Kier alpha value is -2.33. The van der Waals surface area contributed by atoms with E-state index in [1.807, 2.05) is 18.2 Å². The van der Waals surface area contributed by atoms with E-state index in [0.29, 0.717) is 5.92 Å². The standard InChI is InChI=1S/C16H15N3O/c17-15(12-7-9-3-1-2-4-11(9)12)10-5-6-13-14(8-10)19-16(20)18-13/h1-6,8,12,15H,7,17H2,(H2,18,19,20). The largest absolute Gasteiger partial charge is 0.323 e. The number of benzene rings is 2. The fourth-order valence-corrected chi connectivity index (χ4v) is 3.11. The van der Waals surface area contributed by atoms with Crippen LogP contribution in [0.1, 0.15) is 28.7 Å². The summed E-state index contributed by atoms with van der Waals surface area (Å²) < 4.78 is 0. The lowest BCUT2D eigenvalue weighted by Gasteiger charge is -2.34. The molecule has 0 spiro atoms. The van der Waals surface area contributed by atoms with Crippen LogP contribution in [0.2, 0.25) is 0 Å². The minimum atomic E-state index is -0.181. The van der Waals surface area contributed by atoms with Crippen LogP contribution in [0.15, 0.2) is 47.3 Å². The van der Waals surface area contributed by atoms with Gasteiger partial charge in [0.25, 0.3) is 0 Å². The average Bonchev–Trinajstić information content (AvgIpc) is 2.79. The average molecular weight is 265 g/mol. The molecule has 4 N–H and O–H groups in total. The molecule has 0 aliphatic heterocycles. The topological polar surface area (TPSA) is 74.7 Å². The number of fused-ring (bicyclic) bond motifs is 2. The summed E-state index contributed by atoms with van der Waals surface area (Å²) in [5, 5.41) is 0. The Labute approximate surface area is 115 Å². The molecule has 2 unspecified atom stereocenters. The minimum absolute atomic E-state index is 0.0345. The third-order valence-electron chi connectivity index (χ3n) is 4.25. The van der Waals surface area contributed by atoms with Gasteiger partial charge in [-0.25, -0.2) is 4.79 Å². The smallest absolute Gasteiger partial charge is 0.323 e. The fourth-order valence-electron chi connectivity index (χ4n) is 3.11. The van der Waals surface area contributed by atoms with Gasteiger partial charge >= 0.3 is 5.69 Å². The van der Waals surface area contributed by atoms with Gasteiger partial charge in [-0.05, 0) is 35.2 Å². The molecular formula is C16H15N3O. The van der Waals surface area contributed by atoms with Crippen LogP contribution in [-0.2, 0) is 6.42 Å². The highest BCUT2D eigenvalue weighted by Crippen LogP contribution is 2.42. The summed E-state index contributed by atoms with van der Waals surface area (Å²) in [5.41, 5.74) is 11.7. The van der Waals surface area contributed by atoms with Crippen LogP contribution in [0, 0.1) is 0 Å². The van der Waals surface area contributed by atoms with Gasteiger partial charge in [0.05, 0.1) is 11.0 Å². The molecule has 100 valence electrons. The number of aromatic nitrogens is 2. The Bertz CT molecular complexity index is 846. The summed E-state index contributed by atoms with van der Waals surface area (Å²) in [6, 6.07) is 14.3. The van der Waals surface area contributed by atoms with E-state index in [0.717, 1.165) is 23.0 Å². The Morgan fingerprint density at radius 1 is 1.10 bits per heavy atom. The predicted octanol–water partition coefficient (Wildman–Crippen LogP) is 2.20. The lowest BCUT2D eigenvalue weighted by Crippen LogP contribution is -2.28. The normalized spacial score (nSPS) is 18.6. The van der Waals surface area contributed by atoms with Gasteiger partial charge < -0.3 is 15.7 Å². The van der Waals surface area contributed by atoms with Crippen LogP contribution in [0.25, 0.3) is 11.0 Å². The van der Waals surface area contributed by atoms with Crippen LogP contribution in [-0.4, -0.2) is 9.97 Å². The first-order chi connectivity index (χ1) is 9.72. The maximum absolute atomic E-state index is 11.3. The number of H-pyrrole nitrogens is 2. The van der Waals surface area contributed by atoms with Gasteiger partial charge in [0.15, 0.2) is 0 Å². The molecule has 2 atom stereocenters. The van der Waals surface area contributed by atoms with Crippen molar-refractivity contribution in [3.8, 4) is 0 Å². The molecule has 0 bridgehead atoms. The third kappa shape index (κ3) is 1.62. The molecular weight excluding hydrogens is 250 g/mol. The molecule has 3 aromatic rings. The van der Waals surface area contributed by atoms with Crippen LogP contribution in [0.3, 0.4) is 0 Å². The summed E-state index contributed by atoms with van der Waals surface area (Å²) in [7, 11) is 0. The summed E-state index contributed by atoms with van der Waals surface area (Å²) in [6.45, 7) is 0. The molecule has 4 rings (SSSR count). The molecule has 1 aromatic heterocycles. The lowest BCUT2D eigenvalue weighted by atomic mass is 9.72. The number of nitrogens with two attached hydrogens (primary N) is 1. The van der Waals surface area contributed by atoms with Gasteiger partial charge in [0, 0.05) is 12.0 Å². The molecule has 1 heterocycles. The van der Waals surface area contributed by atoms with Crippen molar-refractivity contribution < 1.29 is 0 Å². The van der Waals surface area contributed by atoms with E-state index in [1.165, 1.54) is 11.1 Å². The molecule has 4 heteroatoms. The van der Waals surface area contributed by atoms with Crippen molar-refractivity contribution in [1.29, 1.82) is 0 Å². The van der Waals surface area contributed by atoms with Gasteiger partial charge in [0.1, 0.15) is 0 Å². The molecule has 1 aliphatic carbocycles. The van der Waals surface area contributed by atoms with Crippen molar-refractivity contribution in [2.24, 2.45) is 5.73 Å². The second-order valence-electron chi connectivity index (χ2n) is 5.42. The van der Waals surface area contributed by atoms with E-state index in [4.69, 9.17) is 5.73 Å². The summed E-state index contributed by atoms with van der Waals surface area (Å²) >= 11 is 0. The number of rotatable bonds is 2. The first kappa shape index (κ1) is 11.5. The summed E-state index contributed by atoms with van der Waals surface area (Å²) in [4.78, 5) is 16.8. The number of aromatic amines is 2.